The Morgan fingerprint density at radius 1 is 0.821 bits per heavy atom. The van der Waals surface area contributed by atoms with Crippen molar-refractivity contribution in [1.82, 2.24) is 30.1 Å². The number of aromatic hydroxyl groups is 2. The molecule has 9 unspecified atom stereocenters. The molecule has 19 nitrogen and oxygen atoms in total. The summed E-state index contributed by atoms with van der Waals surface area (Å²) in [5, 5.41) is 35.0. The van der Waals surface area contributed by atoms with E-state index in [1.807, 2.05) is 19.9 Å². The van der Waals surface area contributed by atoms with Gasteiger partial charge in [0.05, 0.1) is 36.6 Å². The Balaban J connectivity index is 1.73. The van der Waals surface area contributed by atoms with Gasteiger partial charge in [-0.15, -0.1) is 4.73 Å². The molecule has 0 spiro atoms. The molecule has 1 saturated heterocycles. The maximum atomic E-state index is 14.6. The van der Waals surface area contributed by atoms with Crippen LogP contribution in [0, 0.1) is 23.7 Å². The molecule has 9 atom stereocenters. The molecule has 3 rings (SSSR count). The normalized spacial score (nSPS) is 17.4. The number of likely N-dealkylation sites (N-methyl/N-ethyl adjacent to an activating group) is 2. The minimum Gasteiger partial charge on any atom is -0.492 e. The first-order valence-corrected chi connectivity index (χ1v) is 23.1. The number of hydrogen-bond acceptors (Lipinski definition) is 12. The Labute approximate surface area is 394 Å². The Kier molecular flexibility index (Phi) is 21.6. The van der Waals surface area contributed by atoms with Gasteiger partial charge in [0, 0.05) is 66.3 Å². The number of aliphatic carboxylic acids is 1. The molecule has 1 aliphatic heterocycles. The number of hydrogen-bond donors (Lipinski definition) is 5. The van der Waals surface area contributed by atoms with Gasteiger partial charge < -0.3 is 55.0 Å². The summed E-state index contributed by atoms with van der Waals surface area (Å²) in [4.78, 5) is 104. The van der Waals surface area contributed by atoms with Crippen LogP contribution in [0.5, 0.6) is 11.8 Å². The number of rotatable bonds is 26. The monoisotopic (exact) mass is 943 g/mol. The number of nitrogens with one attached hydrogen (secondary N) is 2. The highest BCUT2D eigenvalue weighted by Gasteiger charge is 2.44. The molecule has 0 aliphatic carbocycles. The second kappa shape index (κ2) is 26.0. The van der Waals surface area contributed by atoms with Gasteiger partial charge in [0.15, 0.2) is 0 Å². The van der Waals surface area contributed by atoms with Crippen molar-refractivity contribution in [3.05, 3.63) is 48.0 Å². The van der Waals surface area contributed by atoms with Gasteiger partial charge in [-0.05, 0) is 42.6 Å². The molecular formula is C48H74N6O13. The number of ether oxygens (including phenoxy) is 2. The number of carbonyl (C=O) groups excluding carboxylic acids is 6. The zero-order valence-electron chi connectivity index (χ0n) is 41.0. The van der Waals surface area contributed by atoms with E-state index in [0.717, 1.165) is 17.7 Å². The highest BCUT2D eigenvalue weighted by atomic mass is 16.7. The number of likely N-dealkylation sites (tertiary alicyclic amines) is 1. The third-order valence-corrected chi connectivity index (χ3v) is 12.9. The van der Waals surface area contributed by atoms with Gasteiger partial charge in [0.2, 0.25) is 41.3 Å². The van der Waals surface area contributed by atoms with Crippen molar-refractivity contribution >= 4 is 41.5 Å². The lowest BCUT2D eigenvalue weighted by Crippen LogP contribution is -2.60. The minimum absolute atomic E-state index is 0.0571. The predicted octanol–water partition coefficient (Wildman–Crippen LogP) is 3.38. The quantitative estimate of drug-likeness (QED) is 0.0910. The molecule has 374 valence electrons. The minimum atomic E-state index is -1.17. The van der Waals surface area contributed by atoms with Crippen molar-refractivity contribution in [2.24, 2.45) is 23.7 Å². The lowest BCUT2D eigenvalue weighted by Gasteiger charge is -2.41. The number of carbonyl (C=O) groups is 7. The molecule has 5 amide bonds. The maximum absolute atomic E-state index is 14.6. The van der Waals surface area contributed by atoms with Gasteiger partial charge in [-0.25, -0.2) is 9.59 Å². The molecule has 0 saturated carbocycles. The van der Waals surface area contributed by atoms with Crippen LogP contribution in [0.1, 0.15) is 99.0 Å². The number of nitrogens with zero attached hydrogens (tertiary/aromatic N) is 4. The zero-order valence-corrected chi connectivity index (χ0v) is 41.0. The summed E-state index contributed by atoms with van der Waals surface area (Å²) in [5.74, 6) is -6.83. The first-order valence-electron chi connectivity index (χ1n) is 23.1. The van der Waals surface area contributed by atoms with Crippen LogP contribution < -0.4 is 15.5 Å². The topological polar surface area (TPSA) is 247 Å². The van der Waals surface area contributed by atoms with E-state index in [-0.39, 0.29) is 49.8 Å². The Morgan fingerprint density at radius 3 is 1.99 bits per heavy atom. The average molecular weight is 943 g/mol. The molecule has 0 bridgehead atoms. The summed E-state index contributed by atoms with van der Waals surface area (Å²) in [6, 6.07) is 7.00. The van der Waals surface area contributed by atoms with Crippen molar-refractivity contribution in [2.45, 2.75) is 142 Å². The molecule has 5 N–H and O–H groups in total. The summed E-state index contributed by atoms with van der Waals surface area (Å²) in [5.41, 5.74) is 0.754. The Morgan fingerprint density at radius 2 is 1.45 bits per heavy atom. The van der Waals surface area contributed by atoms with Gasteiger partial charge >= 0.3 is 11.9 Å². The van der Waals surface area contributed by atoms with Crippen molar-refractivity contribution < 1.29 is 63.2 Å². The van der Waals surface area contributed by atoms with Crippen LogP contribution in [0.4, 0.5) is 0 Å². The van der Waals surface area contributed by atoms with Gasteiger partial charge in [0.1, 0.15) is 18.1 Å². The van der Waals surface area contributed by atoms with Crippen molar-refractivity contribution in [3.8, 4) is 11.8 Å². The van der Waals surface area contributed by atoms with Gasteiger partial charge in [-0.1, -0.05) is 85.2 Å². The van der Waals surface area contributed by atoms with Crippen LogP contribution in [0.2, 0.25) is 0 Å². The van der Waals surface area contributed by atoms with Crippen LogP contribution in [-0.4, -0.2) is 154 Å². The molecule has 0 radical (unpaired) electrons. The summed E-state index contributed by atoms with van der Waals surface area (Å²) >= 11 is 0. The number of carboxylic acids is 1. The lowest BCUT2D eigenvalue weighted by molar-refractivity contribution is -0.149. The number of carboxylic acid groups (broad SMARTS) is 1. The fourth-order valence-corrected chi connectivity index (χ4v) is 8.91. The van der Waals surface area contributed by atoms with Crippen LogP contribution in [0.15, 0.2) is 42.5 Å². The zero-order chi connectivity index (χ0) is 50.3. The second-order valence-corrected chi connectivity index (χ2v) is 18.3. The first kappa shape index (κ1) is 55.6. The molecule has 19 heteroatoms. The molecule has 1 aliphatic rings. The number of methoxy groups -OCH3 is 2. The molecule has 1 aromatic heterocycles. The van der Waals surface area contributed by atoms with E-state index in [0.29, 0.717) is 30.5 Å². The van der Waals surface area contributed by atoms with Crippen molar-refractivity contribution in [3.63, 3.8) is 0 Å². The van der Waals surface area contributed by atoms with Crippen molar-refractivity contribution in [2.75, 3.05) is 34.9 Å². The highest BCUT2D eigenvalue weighted by Crippen LogP contribution is 2.30. The van der Waals surface area contributed by atoms with E-state index in [1.54, 1.807) is 70.8 Å². The van der Waals surface area contributed by atoms with E-state index >= 15 is 0 Å². The number of aromatic nitrogens is 1. The first-order chi connectivity index (χ1) is 31.6. The summed E-state index contributed by atoms with van der Waals surface area (Å²) in [6.07, 6.45) is 0.0101. The average Bonchev–Trinajstić information content (AvgIpc) is 3.90. The SMILES string of the molecule is CCC(C)C(C(CC(=O)N1CCCC1C(OC)C(C)C(=O)NC(Cc1ccccc1)C(=O)O)OC)N(C)C(=O)C(NC(=O)C(C(C)C)N(C)C(=O)CCCC(=O)On1c(O)ccc1O)C(C)C. The van der Waals surface area contributed by atoms with Crippen LogP contribution >= 0.6 is 0 Å². The summed E-state index contributed by atoms with van der Waals surface area (Å²) in [7, 11) is 6.05. The molecule has 2 heterocycles. The highest BCUT2D eigenvalue weighted by molar-refractivity contribution is 5.92. The fraction of sp³-hybridized carbons (Fsp3) is 0.646. The third kappa shape index (κ3) is 14.9. The third-order valence-electron chi connectivity index (χ3n) is 12.9. The number of benzene rings is 1. The largest absolute Gasteiger partial charge is 0.492 e. The van der Waals surface area contributed by atoms with Gasteiger partial charge in [-0.3, -0.25) is 24.0 Å². The molecule has 67 heavy (non-hydrogen) atoms. The van der Waals surface area contributed by atoms with E-state index in [1.165, 1.54) is 31.1 Å². The Hall–Kier alpha value is -5.69. The van der Waals surface area contributed by atoms with E-state index in [4.69, 9.17) is 14.3 Å². The van der Waals surface area contributed by atoms with E-state index in [2.05, 4.69) is 10.6 Å². The van der Waals surface area contributed by atoms with Gasteiger partial charge in [0.25, 0.3) is 0 Å². The fourth-order valence-electron chi connectivity index (χ4n) is 8.91. The van der Waals surface area contributed by atoms with Crippen LogP contribution in [0.25, 0.3) is 0 Å². The molecular weight excluding hydrogens is 869 g/mol. The Bertz CT molecular complexity index is 1960. The predicted molar refractivity (Wildman–Crippen MR) is 247 cm³/mol. The lowest BCUT2D eigenvalue weighted by atomic mass is 9.89. The van der Waals surface area contributed by atoms with Crippen LogP contribution in [0.3, 0.4) is 0 Å². The molecule has 2 aromatic rings. The molecule has 1 aromatic carbocycles. The summed E-state index contributed by atoms with van der Waals surface area (Å²) < 4.78 is 12.5. The smallest absolute Gasteiger partial charge is 0.333 e. The summed E-state index contributed by atoms with van der Waals surface area (Å²) in [6.45, 7) is 13.1. The second-order valence-electron chi connectivity index (χ2n) is 18.3. The van der Waals surface area contributed by atoms with E-state index in [9.17, 15) is 48.9 Å². The van der Waals surface area contributed by atoms with Crippen molar-refractivity contribution in [1.29, 1.82) is 0 Å². The maximum Gasteiger partial charge on any atom is 0.333 e. The number of amides is 5. The van der Waals surface area contributed by atoms with Gasteiger partial charge in [-0.2, -0.15) is 0 Å². The standard InChI is InChI=1S/C48H74N6O13/c1-12-30(6)43(35(65-10)27-39(58)53-25-17-20-34(53)44(66-11)31(7)45(60)49-33(48(63)64)26-32-18-14-13-15-19-32)52(9)47(62)41(28(2)3)50-46(61)42(29(4)5)51(8)36(55)21-16-22-40(59)67-54-37(56)23-24-38(54)57/h13-15,18-19,23-24,28-31,33-35,41-44,56-57H,12,16-17,20-22,25-27H2,1-11H3,(H,49,60)(H,50,61)(H,63,64). The van der Waals surface area contributed by atoms with E-state index < -0.39 is 102 Å². The van der Waals surface area contributed by atoms with Crippen LogP contribution in [-0.2, 0) is 49.5 Å². The molecule has 1 fully saturated rings.